The fourth-order valence-corrected chi connectivity index (χ4v) is 3.39. The molecule has 3 aromatic rings. The standard InChI is InChI=1S/C15H21BN6.BrH.Fe/c1-7-13(8(2)18-17-7)16(14-9(3)19-20-10(14)4)15-11(5)21-22-12(15)6;;/h1-6H3,(H,17,18)(H,19,20)(H,21,22);1H;. The van der Waals surface area contributed by atoms with Crippen LogP contribution in [0.2, 0.25) is 0 Å². The van der Waals surface area contributed by atoms with Gasteiger partial charge in [0.1, 0.15) is 0 Å². The molecule has 24 heavy (non-hydrogen) atoms. The average Bonchev–Trinajstić information content (AvgIpc) is 3.08. The van der Waals surface area contributed by atoms with Crippen LogP contribution in [0.1, 0.15) is 34.2 Å². The summed E-state index contributed by atoms with van der Waals surface area (Å²) in [6.07, 6.45) is 0. The van der Waals surface area contributed by atoms with E-state index in [4.69, 9.17) is 0 Å². The Labute approximate surface area is 163 Å². The summed E-state index contributed by atoms with van der Waals surface area (Å²) in [7, 11) is 0. The SMILES string of the molecule is Br.Cc1n[nH]c(C)c1B(c1c(C)n[nH]c1C)c1c(C)n[nH]c1C.[Fe]. The maximum Gasteiger partial charge on any atom is 0.255 e. The van der Waals surface area contributed by atoms with E-state index in [1.165, 1.54) is 16.4 Å². The predicted octanol–water partition coefficient (Wildman–Crippen LogP) is 0.798. The number of aryl methyl sites for hydroxylation is 6. The van der Waals surface area contributed by atoms with Crippen LogP contribution in [0.4, 0.5) is 0 Å². The molecule has 0 amide bonds. The Kier molecular flexibility index (Phi) is 6.67. The molecule has 0 aliphatic rings. The summed E-state index contributed by atoms with van der Waals surface area (Å²) in [5.74, 6) is 0. The number of hydrogen-bond acceptors (Lipinski definition) is 3. The van der Waals surface area contributed by atoms with Crippen molar-refractivity contribution >= 4 is 40.1 Å². The molecular formula is C15H22BBrFeN6. The Morgan fingerprint density at radius 3 is 1.00 bits per heavy atom. The maximum atomic E-state index is 4.39. The topological polar surface area (TPSA) is 86.0 Å². The molecule has 0 unspecified atom stereocenters. The second-order valence-corrected chi connectivity index (χ2v) is 5.98. The van der Waals surface area contributed by atoms with E-state index in [0.717, 1.165) is 34.2 Å². The van der Waals surface area contributed by atoms with E-state index in [2.05, 4.69) is 51.4 Å². The summed E-state index contributed by atoms with van der Waals surface area (Å²) in [5, 5.41) is 22.5. The minimum Gasteiger partial charge on any atom is -0.283 e. The molecule has 0 saturated heterocycles. The van der Waals surface area contributed by atoms with Gasteiger partial charge in [0.15, 0.2) is 0 Å². The number of aromatic nitrogens is 6. The summed E-state index contributed by atoms with van der Waals surface area (Å²) in [6.45, 7) is 12.4. The zero-order valence-electron chi connectivity index (χ0n) is 14.7. The molecule has 9 heteroatoms. The van der Waals surface area contributed by atoms with E-state index in [1.54, 1.807) is 0 Å². The molecule has 0 aliphatic carbocycles. The van der Waals surface area contributed by atoms with Gasteiger partial charge in [-0.25, -0.2) is 0 Å². The zero-order valence-corrected chi connectivity index (χ0v) is 17.5. The predicted molar refractivity (Wildman–Crippen MR) is 99.2 cm³/mol. The molecule has 0 atom stereocenters. The molecule has 0 fully saturated rings. The summed E-state index contributed by atoms with van der Waals surface area (Å²) >= 11 is 0. The van der Waals surface area contributed by atoms with E-state index < -0.39 is 0 Å². The third-order valence-electron chi connectivity index (χ3n) is 4.42. The number of H-pyrrole nitrogens is 3. The second kappa shape index (κ2) is 7.72. The van der Waals surface area contributed by atoms with Gasteiger partial charge in [-0.15, -0.1) is 17.0 Å². The molecule has 0 aliphatic heterocycles. The van der Waals surface area contributed by atoms with Gasteiger partial charge in [0, 0.05) is 34.2 Å². The smallest absolute Gasteiger partial charge is 0.255 e. The molecule has 3 N–H and O–H groups in total. The van der Waals surface area contributed by atoms with Gasteiger partial charge >= 0.3 is 0 Å². The molecule has 130 valence electrons. The first kappa shape index (κ1) is 20.7. The van der Waals surface area contributed by atoms with E-state index in [-0.39, 0.29) is 40.8 Å². The molecule has 0 spiro atoms. The third-order valence-corrected chi connectivity index (χ3v) is 4.42. The van der Waals surface area contributed by atoms with E-state index in [0.29, 0.717) is 0 Å². The number of aromatic amines is 3. The van der Waals surface area contributed by atoms with Crippen LogP contribution in [0.5, 0.6) is 0 Å². The van der Waals surface area contributed by atoms with Gasteiger partial charge in [-0.2, -0.15) is 15.3 Å². The molecule has 0 saturated carbocycles. The minimum atomic E-state index is 0. The largest absolute Gasteiger partial charge is 0.283 e. The van der Waals surface area contributed by atoms with Crippen LogP contribution in [0.3, 0.4) is 0 Å². The van der Waals surface area contributed by atoms with Crippen LogP contribution in [0, 0.1) is 41.5 Å². The molecule has 3 heterocycles. The van der Waals surface area contributed by atoms with Crippen molar-refractivity contribution in [2.45, 2.75) is 41.5 Å². The number of halogens is 1. The molecule has 0 aromatic carbocycles. The summed E-state index contributed by atoms with van der Waals surface area (Å²) in [5.41, 5.74) is 9.93. The summed E-state index contributed by atoms with van der Waals surface area (Å²) < 4.78 is 0. The molecular weight excluding hydrogens is 411 g/mol. The van der Waals surface area contributed by atoms with Crippen molar-refractivity contribution in [3.63, 3.8) is 0 Å². The van der Waals surface area contributed by atoms with E-state index >= 15 is 0 Å². The summed E-state index contributed by atoms with van der Waals surface area (Å²) in [4.78, 5) is 0. The fraction of sp³-hybridized carbons (Fsp3) is 0.400. The molecule has 0 bridgehead atoms. The van der Waals surface area contributed by atoms with Crippen molar-refractivity contribution in [2.75, 3.05) is 0 Å². The third kappa shape index (κ3) is 3.25. The molecule has 0 radical (unpaired) electrons. The maximum absolute atomic E-state index is 4.39. The van der Waals surface area contributed by atoms with Gasteiger partial charge < -0.3 is 0 Å². The van der Waals surface area contributed by atoms with Crippen molar-refractivity contribution in [1.82, 2.24) is 30.6 Å². The van der Waals surface area contributed by atoms with Gasteiger partial charge in [0.05, 0.1) is 17.1 Å². The van der Waals surface area contributed by atoms with Crippen LogP contribution in [0.25, 0.3) is 0 Å². The van der Waals surface area contributed by atoms with Gasteiger partial charge in [0.25, 0.3) is 6.71 Å². The normalized spacial score (nSPS) is 10.2. The first-order valence-corrected chi connectivity index (χ1v) is 7.46. The Morgan fingerprint density at radius 1 is 0.583 bits per heavy atom. The van der Waals surface area contributed by atoms with Crippen molar-refractivity contribution in [3.05, 3.63) is 34.2 Å². The number of hydrogen-bond donors (Lipinski definition) is 3. The second-order valence-electron chi connectivity index (χ2n) is 5.98. The number of nitrogens with zero attached hydrogens (tertiary/aromatic N) is 3. The van der Waals surface area contributed by atoms with Gasteiger partial charge in [-0.3, -0.25) is 15.3 Å². The van der Waals surface area contributed by atoms with Crippen molar-refractivity contribution in [2.24, 2.45) is 0 Å². The summed E-state index contributed by atoms with van der Waals surface area (Å²) in [6, 6.07) is 0. The van der Waals surface area contributed by atoms with Crippen molar-refractivity contribution in [3.8, 4) is 0 Å². The van der Waals surface area contributed by atoms with E-state index in [9.17, 15) is 0 Å². The monoisotopic (exact) mass is 432 g/mol. The Balaban J connectivity index is 0.00000144. The first-order valence-electron chi connectivity index (χ1n) is 7.46. The zero-order chi connectivity index (χ0) is 16.0. The van der Waals surface area contributed by atoms with Crippen LogP contribution < -0.4 is 16.4 Å². The van der Waals surface area contributed by atoms with Crippen molar-refractivity contribution in [1.29, 1.82) is 0 Å². The van der Waals surface area contributed by atoms with Crippen LogP contribution in [-0.4, -0.2) is 37.3 Å². The van der Waals surface area contributed by atoms with Crippen molar-refractivity contribution < 1.29 is 17.1 Å². The van der Waals surface area contributed by atoms with Gasteiger partial charge in [0.2, 0.25) is 0 Å². The number of nitrogens with one attached hydrogen (secondary N) is 3. The minimum absolute atomic E-state index is 0. The first-order chi connectivity index (χ1) is 10.4. The number of rotatable bonds is 3. The fourth-order valence-electron chi connectivity index (χ4n) is 3.39. The van der Waals surface area contributed by atoms with Crippen LogP contribution >= 0.6 is 17.0 Å². The molecule has 3 rings (SSSR count). The molecule has 3 aromatic heterocycles. The van der Waals surface area contributed by atoms with Gasteiger partial charge in [-0.05, 0) is 57.9 Å². The van der Waals surface area contributed by atoms with Crippen LogP contribution in [-0.2, 0) is 17.1 Å². The van der Waals surface area contributed by atoms with E-state index in [1.807, 2.05) is 20.8 Å². The Bertz CT molecular complexity index is 669. The van der Waals surface area contributed by atoms with Crippen LogP contribution in [0.15, 0.2) is 0 Å². The average molecular weight is 433 g/mol. The Hall–Kier alpha value is -1.31. The molecule has 6 nitrogen and oxygen atoms in total. The Morgan fingerprint density at radius 2 is 0.833 bits per heavy atom. The quantitative estimate of drug-likeness (QED) is 0.535. The van der Waals surface area contributed by atoms with Gasteiger partial charge in [-0.1, -0.05) is 0 Å².